The van der Waals surface area contributed by atoms with Gasteiger partial charge in [0.25, 0.3) is 0 Å². The Labute approximate surface area is 173 Å². The van der Waals surface area contributed by atoms with Gasteiger partial charge >= 0.3 is 36.2 Å². The predicted octanol–water partition coefficient (Wildman–Crippen LogP) is 3.71. The van der Waals surface area contributed by atoms with E-state index in [4.69, 9.17) is 0 Å². The van der Waals surface area contributed by atoms with Crippen molar-refractivity contribution in [2.75, 3.05) is 13.6 Å². The van der Waals surface area contributed by atoms with Crippen LogP contribution in [0.1, 0.15) is 57.8 Å². The van der Waals surface area contributed by atoms with Crippen LogP contribution in [0.4, 0.5) is 26.3 Å². The molecule has 0 amide bonds. The second kappa shape index (κ2) is 14.5. The summed E-state index contributed by atoms with van der Waals surface area (Å²) in [5.41, 5.74) is 0. The van der Waals surface area contributed by atoms with Crippen molar-refractivity contribution in [3.05, 3.63) is 0 Å². The molecule has 180 valence electrons. The SMILES string of the molecule is O=C(CCCCCCCCCC(=O)OCOC(=O)C(F)(F)F)OCOC(=O)C(F)(F)F. The van der Waals surface area contributed by atoms with E-state index in [0.29, 0.717) is 25.7 Å². The lowest BCUT2D eigenvalue weighted by molar-refractivity contribution is -0.210. The summed E-state index contributed by atoms with van der Waals surface area (Å²) in [6.07, 6.45) is -6.00. The minimum atomic E-state index is -5.15. The zero-order chi connectivity index (χ0) is 23.9. The van der Waals surface area contributed by atoms with Gasteiger partial charge in [-0.25, -0.2) is 9.59 Å². The van der Waals surface area contributed by atoms with Crippen LogP contribution in [-0.2, 0) is 38.1 Å². The van der Waals surface area contributed by atoms with Gasteiger partial charge in [-0.2, -0.15) is 26.3 Å². The van der Waals surface area contributed by atoms with Crippen molar-refractivity contribution in [3.63, 3.8) is 0 Å². The first-order chi connectivity index (χ1) is 14.3. The molecule has 0 fully saturated rings. The van der Waals surface area contributed by atoms with Gasteiger partial charge in [0.15, 0.2) is 0 Å². The molecule has 0 aliphatic rings. The van der Waals surface area contributed by atoms with Gasteiger partial charge in [0.05, 0.1) is 0 Å². The summed E-state index contributed by atoms with van der Waals surface area (Å²) in [7, 11) is 0. The van der Waals surface area contributed by atoms with Crippen molar-refractivity contribution < 1.29 is 64.5 Å². The first-order valence-corrected chi connectivity index (χ1v) is 9.13. The zero-order valence-electron chi connectivity index (χ0n) is 16.3. The van der Waals surface area contributed by atoms with E-state index < -0.39 is 49.8 Å². The molecular formula is C17H22F6O8. The van der Waals surface area contributed by atoms with Gasteiger partial charge in [-0.3, -0.25) is 9.59 Å². The molecule has 0 N–H and O–H groups in total. The van der Waals surface area contributed by atoms with Crippen molar-refractivity contribution >= 4 is 23.9 Å². The van der Waals surface area contributed by atoms with E-state index in [1.54, 1.807) is 0 Å². The number of ether oxygens (including phenoxy) is 4. The predicted molar refractivity (Wildman–Crippen MR) is 87.8 cm³/mol. The number of hydrogen-bond donors (Lipinski definition) is 0. The molecule has 0 rings (SSSR count). The lowest BCUT2D eigenvalue weighted by Gasteiger charge is -2.08. The first kappa shape index (κ1) is 28.5. The van der Waals surface area contributed by atoms with Crippen LogP contribution in [-0.4, -0.2) is 49.8 Å². The van der Waals surface area contributed by atoms with Crippen LogP contribution in [0.25, 0.3) is 0 Å². The molecule has 0 heterocycles. The van der Waals surface area contributed by atoms with Crippen molar-refractivity contribution in [1.29, 1.82) is 0 Å². The number of halogens is 6. The zero-order valence-corrected chi connectivity index (χ0v) is 16.3. The molecule has 8 nitrogen and oxygen atoms in total. The molecule has 0 aromatic rings. The largest absolute Gasteiger partial charge is 0.491 e. The van der Waals surface area contributed by atoms with Gasteiger partial charge < -0.3 is 18.9 Å². The van der Waals surface area contributed by atoms with Gasteiger partial charge in [-0.15, -0.1) is 0 Å². The molecule has 0 aromatic heterocycles. The van der Waals surface area contributed by atoms with Crippen molar-refractivity contribution in [3.8, 4) is 0 Å². The van der Waals surface area contributed by atoms with E-state index in [9.17, 15) is 45.5 Å². The summed E-state index contributed by atoms with van der Waals surface area (Å²) < 4.78 is 87.1. The Hall–Kier alpha value is -2.54. The van der Waals surface area contributed by atoms with Gasteiger partial charge in [0, 0.05) is 12.8 Å². The summed E-state index contributed by atoms with van der Waals surface area (Å²) in [6.45, 7) is -2.21. The van der Waals surface area contributed by atoms with E-state index in [1.165, 1.54) is 0 Å². The Bertz CT molecular complexity index is 538. The Balaban J connectivity index is 3.51. The van der Waals surface area contributed by atoms with E-state index in [2.05, 4.69) is 18.9 Å². The first-order valence-electron chi connectivity index (χ1n) is 9.13. The van der Waals surface area contributed by atoms with Gasteiger partial charge in [-0.05, 0) is 12.8 Å². The smallest absolute Gasteiger partial charge is 0.428 e. The van der Waals surface area contributed by atoms with Crippen LogP contribution >= 0.6 is 0 Å². The molecule has 0 unspecified atom stereocenters. The van der Waals surface area contributed by atoms with E-state index in [1.807, 2.05) is 0 Å². The normalized spacial score (nSPS) is 11.5. The molecule has 0 spiro atoms. The van der Waals surface area contributed by atoms with E-state index in [-0.39, 0.29) is 12.8 Å². The Morgan fingerprint density at radius 2 is 0.774 bits per heavy atom. The molecule has 0 radical (unpaired) electrons. The second-order valence-electron chi connectivity index (χ2n) is 6.10. The molecule has 0 saturated heterocycles. The summed E-state index contributed by atoms with van der Waals surface area (Å²) in [5, 5.41) is 0. The third kappa shape index (κ3) is 15.9. The third-order valence-corrected chi connectivity index (χ3v) is 3.54. The van der Waals surface area contributed by atoms with Crippen LogP contribution < -0.4 is 0 Å². The molecule has 0 aromatic carbocycles. The van der Waals surface area contributed by atoms with Crippen molar-refractivity contribution in [2.24, 2.45) is 0 Å². The topological polar surface area (TPSA) is 105 Å². The number of carbonyl (C=O) groups excluding carboxylic acids is 4. The molecule has 0 saturated carbocycles. The van der Waals surface area contributed by atoms with Crippen molar-refractivity contribution in [1.82, 2.24) is 0 Å². The number of unbranched alkanes of at least 4 members (excludes halogenated alkanes) is 6. The van der Waals surface area contributed by atoms with E-state index in [0.717, 1.165) is 19.3 Å². The van der Waals surface area contributed by atoms with Crippen LogP contribution in [0.3, 0.4) is 0 Å². The second-order valence-corrected chi connectivity index (χ2v) is 6.10. The summed E-state index contributed by atoms with van der Waals surface area (Å²) >= 11 is 0. The van der Waals surface area contributed by atoms with Crippen LogP contribution in [0.2, 0.25) is 0 Å². The monoisotopic (exact) mass is 468 g/mol. The molecule has 0 aliphatic carbocycles. The Kier molecular flexibility index (Phi) is 13.3. The van der Waals surface area contributed by atoms with Gasteiger partial charge in [0.2, 0.25) is 13.6 Å². The highest BCUT2D eigenvalue weighted by Gasteiger charge is 2.41. The fourth-order valence-corrected chi connectivity index (χ4v) is 2.03. The molecule has 31 heavy (non-hydrogen) atoms. The maximum Gasteiger partial charge on any atom is 0.491 e. The molecule has 0 bridgehead atoms. The third-order valence-electron chi connectivity index (χ3n) is 3.54. The van der Waals surface area contributed by atoms with Gasteiger partial charge in [0.1, 0.15) is 0 Å². The number of alkyl halides is 6. The Morgan fingerprint density at radius 3 is 1.06 bits per heavy atom. The fraction of sp³-hybridized carbons (Fsp3) is 0.765. The Morgan fingerprint density at radius 1 is 0.484 bits per heavy atom. The number of carbonyl (C=O) groups is 4. The van der Waals surface area contributed by atoms with Gasteiger partial charge in [-0.1, -0.05) is 32.1 Å². The highest BCUT2D eigenvalue weighted by atomic mass is 19.4. The molecule has 0 aliphatic heterocycles. The van der Waals surface area contributed by atoms with Crippen molar-refractivity contribution in [2.45, 2.75) is 70.1 Å². The van der Waals surface area contributed by atoms with Crippen LogP contribution in [0, 0.1) is 0 Å². The maximum atomic E-state index is 11.8. The minimum absolute atomic E-state index is 0.0473. The number of hydrogen-bond acceptors (Lipinski definition) is 8. The van der Waals surface area contributed by atoms with Crippen LogP contribution in [0.15, 0.2) is 0 Å². The maximum absolute atomic E-state index is 11.8. The summed E-state index contributed by atoms with van der Waals surface area (Å²) in [5.74, 6) is -6.49. The quantitative estimate of drug-likeness (QED) is 0.164. The summed E-state index contributed by atoms with van der Waals surface area (Å²) in [6, 6.07) is 0. The lowest BCUT2D eigenvalue weighted by atomic mass is 10.1. The lowest BCUT2D eigenvalue weighted by Crippen LogP contribution is -2.26. The van der Waals surface area contributed by atoms with E-state index >= 15 is 0 Å². The highest BCUT2D eigenvalue weighted by molar-refractivity contribution is 5.76. The van der Waals surface area contributed by atoms with Crippen LogP contribution in [0.5, 0.6) is 0 Å². The molecule has 14 heteroatoms. The number of esters is 4. The highest BCUT2D eigenvalue weighted by Crippen LogP contribution is 2.17. The molecule has 0 atom stereocenters. The summed E-state index contributed by atoms with van der Waals surface area (Å²) in [4.78, 5) is 43.3. The fourth-order valence-electron chi connectivity index (χ4n) is 2.03. The number of rotatable bonds is 14. The average Bonchev–Trinajstić information content (AvgIpc) is 2.64. The standard InChI is InChI=1S/C17H22F6O8/c18-16(19,20)14(26)30-10-28-12(24)8-6-4-2-1-3-5-7-9-13(25)29-11-31-15(27)17(21,22)23/h1-11H2. The molecular weight excluding hydrogens is 446 g/mol. The average molecular weight is 468 g/mol. The minimum Gasteiger partial charge on any atom is -0.428 e.